The lowest BCUT2D eigenvalue weighted by atomic mass is 10.1. The van der Waals surface area contributed by atoms with Crippen LogP contribution in [0.2, 0.25) is 0 Å². The summed E-state index contributed by atoms with van der Waals surface area (Å²) < 4.78 is 63.2. The van der Waals surface area contributed by atoms with Gasteiger partial charge in [-0.25, -0.2) is 4.98 Å². The zero-order chi connectivity index (χ0) is 15.5. The molecule has 2 rings (SSSR count). The molecular formula is C13H10F3NO3S. The van der Waals surface area contributed by atoms with Crippen LogP contribution < -0.4 is 4.18 Å². The Morgan fingerprint density at radius 3 is 2.33 bits per heavy atom. The van der Waals surface area contributed by atoms with Crippen LogP contribution in [0.5, 0.6) is 5.88 Å². The molecule has 0 N–H and O–H groups in total. The second-order valence-electron chi connectivity index (χ2n) is 4.11. The highest BCUT2D eigenvalue weighted by molar-refractivity contribution is 7.87. The van der Waals surface area contributed by atoms with E-state index >= 15 is 0 Å². The van der Waals surface area contributed by atoms with Gasteiger partial charge in [-0.3, -0.25) is 0 Å². The number of aromatic nitrogens is 1. The summed E-state index contributed by atoms with van der Waals surface area (Å²) in [5.41, 5.74) is -4.45. The molecule has 0 saturated heterocycles. The predicted octanol–water partition coefficient (Wildman–Crippen LogP) is 2.90. The fourth-order valence-corrected chi connectivity index (χ4v) is 2.05. The lowest BCUT2D eigenvalue weighted by molar-refractivity contribution is -0.0501. The van der Waals surface area contributed by atoms with Crippen LogP contribution in [-0.2, 0) is 16.5 Å². The van der Waals surface area contributed by atoms with Crippen molar-refractivity contribution in [3.05, 3.63) is 59.8 Å². The number of rotatable bonds is 4. The van der Waals surface area contributed by atoms with Crippen molar-refractivity contribution in [1.82, 2.24) is 4.98 Å². The molecule has 4 nitrogen and oxygen atoms in total. The summed E-state index contributed by atoms with van der Waals surface area (Å²) in [6, 6.07) is 11.8. The monoisotopic (exact) mass is 317 g/mol. The van der Waals surface area contributed by atoms with E-state index < -0.39 is 21.5 Å². The third kappa shape index (κ3) is 3.72. The third-order valence-corrected chi connectivity index (χ3v) is 3.50. The summed E-state index contributed by atoms with van der Waals surface area (Å²) in [6.45, 7) is 0. The van der Waals surface area contributed by atoms with E-state index in [0.717, 1.165) is 11.8 Å². The smallest absolute Gasteiger partial charge is 0.355 e. The van der Waals surface area contributed by atoms with Crippen molar-refractivity contribution < 1.29 is 25.8 Å². The van der Waals surface area contributed by atoms with E-state index in [-0.39, 0.29) is 12.0 Å². The summed E-state index contributed by atoms with van der Waals surface area (Å²) in [6.07, 6.45) is 1.37. The minimum absolute atomic E-state index is 0.206. The van der Waals surface area contributed by atoms with Crippen LogP contribution in [-0.4, -0.2) is 18.9 Å². The molecule has 1 aromatic carbocycles. The summed E-state index contributed by atoms with van der Waals surface area (Å²) in [7, 11) is -5.73. The Morgan fingerprint density at radius 1 is 1.05 bits per heavy atom. The van der Waals surface area contributed by atoms with E-state index in [1.165, 1.54) is 12.1 Å². The molecule has 0 spiro atoms. The maximum absolute atomic E-state index is 12.3. The van der Waals surface area contributed by atoms with Gasteiger partial charge in [0.1, 0.15) is 0 Å². The maximum atomic E-state index is 12.3. The van der Waals surface area contributed by atoms with Crippen LogP contribution in [0, 0.1) is 0 Å². The zero-order valence-electron chi connectivity index (χ0n) is 10.5. The van der Waals surface area contributed by atoms with Gasteiger partial charge in [-0.15, -0.1) is 0 Å². The molecule has 0 amide bonds. The lowest BCUT2D eigenvalue weighted by Gasteiger charge is -2.11. The van der Waals surface area contributed by atoms with E-state index in [1.807, 2.05) is 0 Å². The Bertz CT molecular complexity index is 715. The standard InChI is InChI=1S/C13H10F3NO3S/c14-13(15,16)21(18,19)20-12-11(7-4-8-17-12)9-10-5-2-1-3-6-10/h1-8H,9H2. The number of hydrogen-bond donors (Lipinski definition) is 0. The Labute approximate surface area is 119 Å². The van der Waals surface area contributed by atoms with Gasteiger partial charge in [0.05, 0.1) is 0 Å². The number of hydrogen-bond acceptors (Lipinski definition) is 4. The topological polar surface area (TPSA) is 56.3 Å². The van der Waals surface area contributed by atoms with Crippen LogP contribution in [0.4, 0.5) is 13.2 Å². The Morgan fingerprint density at radius 2 is 1.71 bits per heavy atom. The highest BCUT2D eigenvalue weighted by atomic mass is 32.2. The van der Waals surface area contributed by atoms with Crippen molar-refractivity contribution in [2.45, 2.75) is 11.9 Å². The minimum Gasteiger partial charge on any atom is -0.355 e. The van der Waals surface area contributed by atoms with E-state index in [0.29, 0.717) is 0 Å². The molecule has 0 aliphatic carbocycles. The fraction of sp³-hybridized carbons (Fsp3) is 0.154. The normalized spacial score (nSPS) is 12.1. The second kappa shape index (κ2) is 5.72. The second-order valence-corrected chi connectivity index (χ2v) is 5.65. The molecule has 0 bridgehead atoms. The van der Waals surface area contributed by atoms with Gasteiger partial charge >= 0.3 is 15.6 Å². The van der Waals surface area contributed by atoms with Crippen molar-refractivity contribution in [1.29, 1.82) is 0 Å². The highest BCUT2D eigenvalue weighted by Crippen LogP contribution is 2.28. The van der Waals surface area contributed by atoms with Gasteiger partial charge in [0, 0.05) is 18.2 Å². The third-order valence-electron chi connectivity index (χ3n) is 2.56. The van der Waals surface area contributed by atoms with Gasteiger partial charge < -0.3 is 4.18 Å². The number of halogens is 3. The van der Waals surface area contributed by atoms with E-state index in [1.54, 1.807) is 30.3 Å². The molecule has 21 heavy (non-hydrogen) atoms. The summed E-state index contributed by atoms with van der Waals surface area (Å²) in [4.78, 5) is 3.57. The van der Waals surface area contributed by atoms with Crippen molar-refractivity contribution in [2.24, 2.45) is 0 Å². The summed E-state index contributed by atoms with van der Waals surface area (Å²) in [5, 5.41) is 0. The number of nitrogens with zero attached hydrogens (tertiary/aromatic N) is 1. The molecule has 112 valence electrons. The molecule has 0 atom stereocenters. The molecule has 2 aromatic rings. The first-order valence-electron chi connectivity index (χ1n) is 5.78. The summed E-state index contributed by atoms with van der Waals surface area (Å²) >= 11 is 0. The van der Waals surface area contributed by atoms with Crippen LogP contribution in [0.1, 0.15) is 11.1 Å². The van der Waals surface area contributed by atoms with Gasteiger partial charge in [0.2, 0.25) is 5.88 Å². The van der Waals surface area contributed by atoms with Gasteiger partial charge in [0.25, 0.3) is 0 Å². The van der Waals surface area contributed by atoms with Gasteiger partial charge in [-0.2, -0.15) is 21.6 Å². The molecule has 0 saturated carbocycles. The van der Waals surface area contributed by atoms with Crippen LogP contribution in [0.15, 0.2) is 48.7 Å². The SMILES string of the molecule is O=S(=O)(Oc1ncccc1Cc1ccccc1)C(F)(F)F. The lowest BCUT2D eigenvalue weighted by Crippen LogP contribution is -2.28. The largest absolute Gasteiger partial charge is 0.534 e. The van der Waals surface area contributed by atoms with E-state index in [9.17, 15) is 21.6 Å². The first kappa shape index (κ1) is 15.3. The van der Waals surface area contributed by atoms with Crippen molar-refractivity contribution in [3.8, 4) is 5.88 Å². The van der Waals surface area contributed by atoms with Crippen LogP contribution >= 0.6 is 0 Å². The Balaban J connectivity index is 2.30. The first-order chi connectivity index (χ1) is 9.79. The Hall–Kier alpha value is -2.09. The van der Waals surface area contributed by atoms with E-state index in [4.69, 9.17) is 0 Å². The van der Waals surface area contributed by atoms with Crippen LogP contribution in [0.25, 0.3) is 0 Å². The highest BCUT2D eigenvalue weighted by Gasteiger charge is 2.49. The predicted molar refractivity (Wildman–Crippen MR) is 69.1 cm³/mol. The summed E-state index contributed by atoms with van der Waals surface area (Å²) in [5.74, 6) is -0.571. The molecule has 8 heteroatoms. The van der Waals surface area contributed by atoms with Gasteiger partial charge in [0.15, 0.2) is 0 Å². The number of benzene rings is 1. The molecule has 0 aliphatic rings. The molecule has 0 aliphatic heterocycles. The van der Waals surface area contributed by atoms with Gasteiger partial charge in [-0.05, 0) is 11.6 Å². The number of alkyl halides is 3. The quantitative estimate of drug-likeness (QED) is 0.643. The average Bonchev–Trinajstić information content (AvgIpc) is 2.40. The van der Waals surface area contributed by atoms with Gasteiger partial charge in [-0.1, -0.05) is 36.4 Å². The van der Waals surface area contributed by atoms with Crippen LogP contribution in [0.3, 0.4) is 0 Å². The Kier molecular flexibility index (Phi) is 4.17. The molecular weight excluding hydrogens is 307 g/mol. The van der Waals surface area contributed by atoms with Crippen molar-refractivity contribution in [3.63, 3.8) is 0 Å². The maximum Gasteiger partial charge on any atom is 0.534 e. The molecule has 0 radical (unpaired) electrons. The van der Waals surface area contributed by atoms with E-state index in [2.05, 4.69) is 9.17 Å². The molecule has 0 unspecified atom stereocenters. The minimum atomic E-state index is -5.73. The van der Waals surface area contributed by atoms with Crippen molar-refractivity contribution in [2.75, 3.05) is 0 Å². The average molecular weight is 317 g/mol. The van der Waals surface area contributed by atoms with Crippen molar-refractivity contribution >= 4 is 10.1 Å². The molecule has 0 fully saturated rings. The zero-order valence-corrected chi connectivity index (χ0v) is 11.4. The number of pyridine rings is 1. The molecule has 1 heterocycles. The first-order valence-corrected chi connectivity index (χ1v) is 7.19. The molecule has 1 aromatic heterocycles. The fourth-order valence-electron chi connectivity index (χ4n) is 1.60.